The molecule has 0 saturated carbocycles. The summed E-state index contributed by atoms with van der Waals surface area (Å²) in [4.78, 5) is 10.4. The monoisotopic (exact) mass is 377 g/mol. The smallest absolute Gasteiger partial charge is 0.312 e. The molecule has 1 spiro atoms. The number of benzene rings is 1. The van der Waals surface area contributed by atoms with Gasteiger partial charge >= 0.3 is 5.69 Å². The van der Waals surface area contributed by atoms with E-state index in [2.05, 4.69) is 5.32 Å². The largest absolute Gasteiger partial charge is 0.490 e. The third kappa shape index (κ3) is 3.21. The molecule has 0 aromatic heterocycles. The van der Waals surface area contributed by atoms with Gasteiger partial charge in [-0.15, -0.1) is 12.4 Å². The van der Waals surface area contributed by atoms with E-state index in [4.69, 9.17) is 4.74 Å². The van der Waals surface area contributed by atoms with Crippen molar-refractivity contribution >= 4 is 28.1 Å². The van der Waals surface area contributed by atoms with Crippen LogP contribution in [-0.4, -0.2) is 50.9 Å². The molecule has 2 aliphatic rings. The number of nitro groups is 1. The van der Waals surface area contributed by atoms with Crippen LogP contribution in [0.4, 0.5) is 5.69 Å². The second-order valence-electron chi connectivity index (χ2n) is 6.11. The minimum atomic E-state index is -3.74. The Morgan fingerprint density at radius 1 is 1.38 bits per heavy atom. The van der Waals surface area contributed by atoms with Crippen LogP contribution in [0.25, 0.3) is 0 Å². The molecule has 1 aromatic carbocycles. The molecular weight excluding hydrogens is 358 g/mol. The summed E-state index contributed by atoms with van der Waals surface area (Å²) < 4.78 is 31.9. The third-order valence-corrected chi connectivity index (χ3v) is 6.56. The van der Waals surface area contributed by atoms with Gasteiger partial charge in [0, 0.05) is 25.7 Å². The van der Waals surface area contributed by atoms with E-state index >= 15 is 0 Å². The van der Waals surface area contributed by atoms with E-state index in [1.807, 2.05) is 0 Å². The fraction of sp³-hybridized carbons (Fsp3) is 0.571. The van der Waals surface area contributed by atoms with Gasteiger partial charge in [-0.25, -0.2) is 8.42 Å². The van der Waals surface area contributed by atoms with Crippen molar-refractivity contribution in [1.82, 2.24) is 9.62 Å². The number of ether oxygens (including phenoxy) is 1. The molecule has 8 nitrogen and oxygen atoms in total. The highest BCUT2D eigenvalue weighted by atomic mass is 35.5. The predicted molar refractivity (Wildman–Crippen MR) is 90.2 cm³/mol. The Balaban J connectivity index is 0.00000208. The number of halogens is 1. The first kappa shape index (κ1) is 18.9. The van der Waals surface area contributed by atoms with Crippen LogP contribution in [0.15, 0.2) is 23.1 Å². The van der Waals surface area contributed by atoms with Crippen molar-refractivity contribution in [3.8, 4) is 5.75 Å². The lowest BCUT2D eigenvalue weighted by molar-refractivity contribution is -0.386. The Hall–Kier alpha value is -1.42. The number of nitrogens with zero attached hydrogens (tertiary/aromatic N) is 2. The van der Waals surface area contributed by atoms with Crippen molar-refractivity contribution in [2.75, 3.05) is 33.3 Å². The zero-order chi connectivity index (χ0) is 16.7. The lowest BCUT2D eigenvalue weighted by Gasteiger charge is -2.22. The Labute approximate surface area is 146 Å². The minimum absolute atomic E-state index is 0. The maximum absolute atomic E-state index is 12.8. The van der Waals surface area contributed by atoms with Crippen molar-refractivity contribution in [3.63, 3.8) is 0 Å². The van der Waals surface area contributed by atoms with Gasteiger partial charge in [0.2, 0.25) is 10.0 Å². The summed E-state index contributed by atoms with van der Waals surface area (Å²) >= 11 is 0. The van der Waals surface area contributed by atoms with E-state index < -0.39 is 14.9 Å². The van der Waals surface area contributed by atoms with E-state index in [0.29, 0.717) is 13.1 Å². The molecule has 0 aliphatic carbocycles. The number of hydrogen-bond donors (Lipinski definition) is 1. The standard InChI is InChI=1S/C14H19N3O5S.ClH/c1-22-13-3-2-11(8-12(13)17(18)19)23(20,21)16-7-5-14(10-16)4-6-15-9-14;/h2-3,8,15H,4-7,9-10H2,1H3;1H. The lowest BCUT2D eigenvalue weighted by atomic mass is 9.87. The topological polar surface area (TPSA) is 102 Å². The van der Waals surface area contributed by atoms with Gasteiger partial charge in [-0.2, -0.15) is 4.31 Å². The summed E-state index contributed by atoms with van der Waals surface area (Å²) in [5.74, 6) is 0.0480. The number of methoxy groups -OCH3 is 1. The molecule has 3 rings (SSSR count). The van der Waals surface area contributed by atoms with Crippen molar-refractivity contribution in [1.29, 1.82) is 0 Å². The normalized spacial score (nSPS) is 24.0. The predicted octanol–water partition coefficient (Wildman–Crippen LogP) is 1.40. The first-order valence-electron chi connectivity index (χ1n) is 7.41. The van der Waals surface area contributed by atoms with Crippen LogP contribution in [-0.2, 0) is 10.0 Å². The second-order valence-corrected chi connectivity index (χ2v) is 8.04. The maximum Gasteiger partial charge on any atom is 0.312 e. The highest BCUT2D eigenvalue weighted by Crippen LogP contribution is 2.39. The third-order valence-electron chi connectivity index (χ3n) is 4.72. The average molecular weight is 378 g/mol. The van der Waals surface area contributed by atoms with Crippen LogP contribution in [0, 0.1) is 15.5 Å². The average Bonchev–Trinajstić information content (AvgIpc) is 3.17. The molecule has 1 aromatic rings. The number of hydrogen-bond acceptors (Lipinski definition) is 6. The minimum Gasteiger partial charge on any atom is -0.490 e. The van der Waals surface area contributed by atoms with Crippen LogP contribution in [0.5, 0.6) is 5.75 Å². The van der Waals surface area contributed by atoms with Gasteiger partial charge in [-0.1, -0.05) is 0 Å². The van der Waals surface area contributed by atoms with E-state index in [9.17, 15) is 18.5 Å². The highest BCUT2D eigenvalue weighted by Gasteiger charge is 2.44. The molecule has 2 fully saturated rings. The zero-order valence-corrected chi connectivity index (χ0v) is 14.9. The van der Waals surface area contributed by atoms with Crippen LogP contribution < -0.4 is 10.1 Å². The number of nitrogens with one attached hydrogen (secondary N) is 1. The Kier molecular flexibility index (Phi) is 5.38. The van der Waals surface area contributed by atoms with Crippen molar-refractivity contribution in [3.05, 3.63) is 28.3 Å². The molecule has 1 unspecified atom stereocenters. The van der Waals surface area contributed by atoms with Crippen LogP contribution in [0.3, 0.4) is 0 Å². The van der Waals surface area contributed by atoms with Crippen LogP contribution in [0.2, 0.25) is 0 Å². The fourth-order valence-electron chi connectivity index (χ4n) is 3.37. The molecule has 134 valence electrons. The summed E-state index contributed by atoms with van der Waals surface area (Å²) in [5, 5.41) is 14.4. The number of rotatable bonds is 4. The molecule has 1 atom stereocenters. The first-order valence-corrected chi connectivity index (χ1v) is 8.85. The number of nitro benzene ring substituents is 1. The maximum atomic E-state index is 12.8. The SMILES string of the molecule is COc1ccc(S(=O)(=O)N2CCC3(CCNC3)C2)cc1[N+](=O)[O-].Cl. The Bertz CT molecular complexity index is 734. The van der Waals surface area contributed by atoms with E-state index in [1.54, 1.807) is 0 Å². The molecule has 1 N–H and O–H groups in total. The summed E-state index contributed by atoms with van der Waals surface area (Å²) in [5.41, 5.74) is -0.337. The van der Waals surface area contributed by atoms with Crippen molar-refractivity contribution in [2.45, 2.75) is 17.7 Å². The summed E-state index contributed by atoms with van der Waals surface area (Å²) in [6.45, 7) is 2.63. The molecule has 0 bridgehead atoms. The summed E-state index contributed by atoms with van der Waals surface area (Å²) in [6.07, 6.45) is 1.78. The lowest BCUT2D eigenvalue weighted by Crippen LogP contribution is -2.33. The van der Waals surface area contributed by atoms with Gasteiger partial charge < -0.3 is 10.1 Å². The van der Waals surface area contributed by atoms with Gasteiger partial charge in [0.15, 0.2) is 5.75 Å². The van der Waals surface area contributed by atoms with Crippen LogP contribution >= 0.6 is 12.4 Å². The number of sulfonamides is 1. The Morgan fingerprint density at radius 2 is 2.12 bits per heavy atom. The molecule has 0 amide bonds. The van der Waals surface area contributed by atoms with Gasteiger partial charge in [0.25, 0.3) is 0 Å². The molecule has 10 heteroatoms. The highest BCUT2D eigenvalue weighted by molar-refractivity contribution is 7.89. The van der Waals surface area contributed by atoms with E-state index in [-0.39, 0.29) is 34.2 Å². The van der Waals surface area contributed by atoms with Crippen LogP contribution in [0.1, 0.15) is 12.8 Å². The summed E-state index contributed by atoms with van der Waals surface area (Å²) in [6, 6.07) is 3.76. The quantitative estimate of drug-likeness (QED) is 0.628. The van der Waals surface area contributed by atoms with E-state index in [0.717, 1.165) is 32.0 Å². The molecule has 24 heavy (non-hydrogen) atoms. The molecule has 0 radical (unpaired) electrons. The Morgan fingerprint density at radius 3 is 2.71 bits per heavy atom. The zero-order valence-electron chi connectivity index (χ0n) is 13.2. The second kappa shape index (κ2) is 6.83. The first-order chi connectivity index (χ1) is 10.9. The van der Waals surface area contributed by atoms with Crippen molar-refractivity contribution in [2.24, 2.45) is 5.41 Å². The fourth-order valence-corrected chi connectivity index (χ4v) is 4.94. The summed E-state index contributed by atoms with van der Waals surface area (Å²) in [7, 11) is -2.42. The van der Waals surface area contributed by atoms with Gasteiger partial charge in [0.1, 0.15) is 0 Å². The van der Waals surface area contributed by atoms with Gasteiger partial charge in [-0.05, 0) is 36.9 Å². The molecule has 2 aliphatic heterocycles. The molecular formula is C14H20ClN3O5S. The molecule has 2 heterocycles. The molecule has 2 saturated heterocycles. The van der Waals surface area contributed by atoms with Gasteiger partial charge in [0.05, 0.1) is 16.9 Å². The van der Waals surface area contributed by atoms with Gasteiger partial charge in [-0.3, -0.25) is 10.1 Å². The van der Waals surface area contributed by atoms with Crippen molar-refractivity contribution < 1.29 is 18.1 Å². The van der Waals surface area contributed by atoms with E-state index in [1.165, 1.54) is 23.5 Å².